The van der Waals surface area contributed by atoms with Gasteiger partial charge in [-0.2, -0.15) is 0 Å². The predicted octanol–water partition coefficient (Wildman–Crippen LogP) is 3.91. The van der Waals surface area contributed by atoms with E-state index in [0.29, 0.717) is 5.56 Å². The second-order valence-electron chi connectivity index (χ2n) is 5.68. The fourth-order valence-electron chi connectivity index (χ4n) is 2.33. The molecule has 0 unspecified atom stereocenters. The minimum atomic E-state index is -1.21. The highest BCUT2D eigenvalue weighted by molar-refractivity contribution is 6.42. The summed E-state index contributed by atoms with van der Waals surface area (Å²) in [4.78, 5) is 24.1. The first kappa shape index (κ1) is 17.0. The zero-order chi connectivity index (χ0) is 18.0. The first-order valence-electron chi connectivity index (χ1n) is 7.66. The summed E-state index contributed by atoms with van der Waals surface area (Å²) in [6.07, 6.45) is -1.21. The number of cyclic esters (lactones) is 1. The first-order chi connectivity index (χ1) is 12.0. The van der Waals surface area contributed by atoms with E-state index >= 15 is 0 Å². The van der Waals surface area contributed by atoms with Gasteiger partial charge in [0, 0.05) is 5.69 Å². The maximum atomic E-state index is 12.3. The largest absolute Gasteiger partial charge is 0.415 e. The Hall–Kier alpha value is -2.79. The number of ether oxygens (including phenoxy) is 2. The summed E-state index contributed by atoms with van der Waals surface area (Å²) in [5.74, 6) is -1.34. The molecule has 0 saturated carbocycles. The normalized spacial score (nSPS) is 16.6. The van der Waals surface area contributed by atoms with E-state index in [9.17, 15) is 9.59 Å². The Morgan fingerprint density at radius 2 is 1.80 bits per heavy atom. The number of rotatable bonds is 4. The zero-order valence-corrected chi connectivity index (χ0v) is 14.5. The van der Waals surface area contributed by atoms with Crippen LogP contribution in [0.3, 0.4) is 0 Å². The molecule has 6 heteroatoms. The van der Waals surface area contributed by atoms with Crippen LogP contribution in [0.1, 0.15) is 21.5 Å². The molecule has 0 fully saturated rings. The number of esters is 2. The van der Waals surface area contributed by atoms with Crippen LogP contribution in [0.15, 0.2) is 59.3 Å². The second kappa shape index (κ2) is 6.99. The Morgan fingerprint density at radius 3 is 2.48 bits per heavy atom. The molecule has 3 rings (SSSR count). The van der Waals surface area contributed by atoms with E-state index in [1.807, 2.05) is 38.1 Å². The van der Waals surface area contributed by atoms with E-state index < -0.39 is 18.2 Å². The molecule has 0 amide bonds. The number of benzene rings is 2. The molecule has 2 aromatic rings. The molecule has 1 heterocycles. The SMILES string of the molecule is Cc1ccc(C(=O)O[C@H]2OC(=O)C(Cl)=C2Nc2ccccc2C)cc1. The highest BCUT2D eigenvalue weighted by Gasteiger charge is 2.36. The number of para-hydroxylation sites is 1. The maximum absolute atomic E-state index is 12.3. The van der Waals surface area contributed by atoms with Crippen molar-refractivity contribution in [3.05, 3.63) is 76.0 Å². The lowest BCUT2D eigenvalue weighted by molar-refractivity contribution is -0.152. The van der Waals surface area contributed by atoms with Gasteiger partial charge in [-0.1, -0.05) is 47.5 Å². The summed E-state index contributed by atoms with van der Waals surface area (Å²) in [6, 6.07) is 14.4. The molecule has 0 aliphatic carbocycles. The average molecular weight is 358 g/mol. The number of hydrogen-bond donors (Lipinski definition) is 1. The number of aryl methyl sites for hydroxylation is 2. The van der Waals surface area contributed by atoms with Crippen LogP contribution in [0, 0.1) is 13.8 Å². The Morgan fingerprint density at radius 1 is 1.12 bits per heavy atom. The Balaban J connectivity index is 1.80. The second-order valence-corrected chi connectivity index (χ2v) is 6.05. The predicted molar refractivity (Wildman–Crippen MR) is 94.2 cm³/mol. The van der Waals surface area contributed by atoms with Gasteiger partial charge in [0.05, 0.1) is 5.56 Å². The van der Waals surface area contributed by atoms with Crippen molar-refractivity contribution >= 4 is 29.2 Å². The van der Waals surface area contributed by atoms with E-state index in [2.05, 4.69) is 5.32 Å². The molecule has 1 aliphatic heterocycles. The highest BCUT2D eigenvalue weighted by Crippen LogP contribution is 2.29. The molecule has 128 valence electrons. The summed E-state index contributed by atoms with van der Waals surface area (Å²) in [5.41, 5.74) is 3.28. The van der Waals surface area contributed by atoms with Gasteiger partial charge >= 0.3 is 11.9 Å². The minimum Gasteiger partial charge on any atom is -0.415 e. The molecule has 1 aliphatic rings. The van der Waals surface area contributed by atoms with E-state index in [1.54, 1.807) is 24.3 Å². The van der Waals surface area contributed by atoms with Crippen LogP contribution in [0.25, 0.3) is 0 Å². The fraction of sp³-hybridized carbons (Fsp3) is 0.158. The highest BCUT2D eigenvalue weighted by atomic mass is 35.5. The third kappa shape index (κ3) is 3.67. The number of nitrogens with one attached hydrogen (secondary N) is 1. The van der Waals surface area contributed by atoms with Crippen molar-refractivity contribution in [2.45, 2.75) is 20.1 Å². The molecule has 0 bridgehead atoms. The standard InChI is InChI=1S/C19H16ClNO4/c1-11-7-9-13(10-8-11)17(22)24-19-16(15(20)18(23)25-19)21-14-6-4-3-5-12(14)2/h3-10,19,21H,1-2H3/t19-/m0/s1. The smallest absolute Gasteiger partial charge is 0.355 e. The number of halogens is 1. The molecule has 0 aromatic heterocycles. The lowest BCUT2D eigenvalue weighted by Crippen LogP contribution is -2.24. The van der Waals surface area contributed by atoms with Gasteiger partial charge < -0.3 is 14.8 Å². The van der Waals surface area contributed by atoms with Crippen LogP contribution < -0.4 is 5.32 Å². The van der Waals surface area contributed by atoms with Crippen LogP contribution in [-0.4, -0.2) is 18.2 Å². The molecule has 0 spiro atoms. The lowest BCUT2D eigenvalue weighted by atomic mass is 10.1. The van der Waals surface area contributed by atoms with Gasteiger partial charge in [0.2, 0.25) is 0 Å². The van der Waals surface area contributed by atoms with Crippen molar-refractivity contribution in [2.75, 3.05) is 5.32 Å². The molecule has 25 heavy (non-hydrogen) atoms. The number of carbonyl (C=O) groups is 2. The van der Waals surface area contributed by atoms with Crippen molar-refractivity contribution in [1.29, 1.82) is 0 Å². The maximum Gasteiger partial charge on any atom is 0.355 e. The van der Waals surface area contributed by atoms with E-state index in [4.69, 9.17) is 21.1 Å². The van der Waals surface area contributed by atoms with Crippen LogP contribution in [-0.2, 0) is 14.3 Å². The molecule has 1 atom stereocenters. The van der Waals surface area contributed by atoms with Crippen molar-refractivity contribution in [3.8, 4) is 0 Å². The topological polar surface area (TPSA) is 64.6 Å². The Kier molecular flexibility index (Phi) is 4.76. The number of hydrogen-bond acceptors (Lipinski definition) is 5. The van der Waals surface area contributed by atoms with Crippen LogP contribution in [0.5, 0.6) is 0 Å². The van der Waals surface area contributed by atoms with Gasteiger partial charge in [-0.25, -0.2) is 9.59 Å². The summed E-state index contributed by atoms with van der Waals surface area (Å²) in [6.45, 7) is 3.82. The molecule has 0 saturated heterocycles. The third-order valence-electron chi connectivity index (χ3n) is 3.78. The molecule has 0 radical (unpaired) electrons. The van der Waals surface area contributed by atoms with Crippen molar-refractivity contribution < 1.29 is 19.1 Å². The Labute approximate surface area is 150 Å². The fourth-order valence-corrected chi connectivity index (χ4v) is 2.51. The van der Waals surface area contributed by atoms with Gasteiger partial charge in [-0.3, -0.25) is 0 Å². The quantitative estimate of drug-likeness (QED) is 0.840. The summed E-state index contributed by atoms with van der Waals surface area (Å²) >= 11 is 6.03. The molecular formula is C19H16ClNO4. The zero-order valence-electron chi connectivity index (χ0n) is 13.7. The summed E-state index contributed by atoms with van der Waals surface area (Å²) in [7, 11) is 0. The van der Waals surface area contributed by atoms with E-state index in [1.165, 1.54) is 0 Å². The average Bonchev–Trinajstić information content (AvgIpc) is 2.85. The molecular weight excluding hydrogens is 342 g/mol. The van der Waals surface area contributed by atoms with E-state index in [0.717, 1.165) is 16.8 Å². The van der Waals surface area contributed by atoms with Crippen molar-refractivity contribution in [2.24, 2.45) is 0 Å². The molecule has 1 N–H and O–H groups in total. The van der Waals surface area contributed by atoms with Crippen LogP contribution in [0.4, 0.5) is 5.69 Å². The molecule has 2 aromatic carbocycles. The first-order valence-corrected chi connectivity index (χ1v) is 8.04. The third-order valence-corrected chi connectivity index (χ3v) is 4.14. The van der Waals surface area contributed by atoms with Crippen molar-refractivity contribution in [1.82, 2.24) is 0 Å². The van der Waals surface area contributed by atoms with Gasteiger partial charge in [0.25, 0.3) is 6.29 Å². The van der Waals surface area contributed by atoms with Gasteiger partial charge in [0.15, 0.2) is 5.03 Å². The number of carbonyl (C=O) groups excluding carboxylic acids is 2. The van der Waals surface area contributed by atoms with Gasteiger partial charge in [-0.15, -0.1) is 0 Å². The van der Waals surface area contributed by atoms with Gasteiger partial charge in [-0.05, 0) is 37.6 Å². The van der Waals surface area contributed by atoms with Crippen LogP contribution in [0.2, 0.25) is 0 Å². The van der Waals surface area contributed by atoms with E-state index in [-0.39, 0.29) is 10.7 Å². The summed E-state index contributed by atoms with van der Waals surface area (Å²) in [5, 5.41) is 2.90. The number of anilines is 1. The minimum absolute atomic E-state index is 0.134. The Bertz CT molecular complexity index is 858. The van der Waals surface area contributed by atoms with Gasteiger partial charge in [0.1, 0.15) is 5.70 Å². The van der Waals surface area contributed by atoms with Crippen LogP contribution >= 0.6 is 11.6 Å². The molecule has 5 nitrogen and oxygen atoms in total. The summed E-state index contributed by atoms with van der Waals surface area (Å²) < 4.78 is 10.4. The van der Waals surface area contributed by atoms with Crippen molar-refractivity contribution in [3.63, 3.8) is 0 Å². The lowest BCUT2D eigenvalue weighted by Gasteiger charge is -2.17. The monoisotopic (exact) mass is 357 g/mol.